The summed E-state index contributed by atoms with van der Waals surface area (Å²) in [5.41, 5.74) is 2.86. The van der Waals surface area contributed by atoms with Crippen molar-refractivity contribution in [1.29, 1.82) is 0 Å². The Morgan fingerprint density at radius 2 is 2.15 bits per heavy atom. The zero-order chi connectivity index (χ0) is 9.26. The van der Waals surface area contributed by atoms with Crippen molar-refractivity contribution in [2.45, 2.75) is 13.3 Å². The van der Waals surface area contributed by atoms with Crippen LogP contribution < -0.4 is 0 Å². The highest BCUT2D eigenvalue weighted by Crippen LogP contribution is 2.18. The van der Waals surface area contributed by atoms with Crippen molar-refractivity contribution in [3.8, 4) is 0 Å². The summed E-state index contributed by atoms with van der Waals surface area (Å²) in [6.45, 7) is 1.93. The van der Waals surface area contributed by atoms with E-state index in [1.54, 1.807) is 6.08 Å². The lowest BCUT2D eigenvalue weighted by molar-refractivity contribution is 0.442. The van der Waals surface area contributed by atoms with Crippen LogP contribution in [0.3, 0.4) is 0 Å². The first-order chi connectivity index (χ1) is 6.25. The minimum absolute atomic E-state index is 0.273. The third kappa shape index (κ3) is 1.61. The predicted octanol–water partition coefficient (Wildman–Crippen LogP) is 2.67. The molecule has 1 aliphatic heterocycles. The molecule has 1 aliphatic carbocycles. The number of allylic oxidation sites excluding steroid dienone is 8. The van der Waals surface area contributed by atoms with E-state index in [-0.39, 0.29) is 5.76 Å². The average molecular weight is 173 g/mol. The molecule has 0 aromatic heterocycles. The SMILES string of the molecule is CC1=CC=C2C=CC=C(O)C(=N1)C2. The van der Waals surface area contributed by atoms with Crippen molar-refractivity contribution >= 4 is 5.71 Å². The van der Waals surface area contributed by atoms with Gasteiger partial charge in [0.05, 0.1) is 5.71 Å². The normalized spacial score (nSPS) is 20.7. The van der Waals surface area contributed by atoms with E-state index >= 15 is 0 Å². The van der Waals surface area contributed by atoms with Crippen LogP contribution in [0.1, 0.15) is 13.3 Å². The Labute approximate surface area is 77.3 Å². The summed E-state index contributed by atoms with van der Waals surface area (Å²) in [6, 6.07) is 0. The Hall–Kier alpha value is -1.57. The van der Waals surface area contributed by atoms with Crippen LogP contribution in [0.15, 0.2) is 52.4 Å². The molecule has 2 rings (SSSR count). The van der Waals surface area contributed by atoms with Crippen LogP contribution >= 0.6 is 0 Å². The van der Waals surface area contributed by atoms with Gasteiger partial charge in [-0.3, -0.25) is 4.99 Å². The van der Waals surface area contributed by atoms with Crippen LogP contribution in [0.2, 0.25) is 0 Å². The minimum atomic E-state index is 0.273. The summed E-state index contributed by atoms with van der Waals surface area (Å²) in [4.78, 5) is 4.30. The number of aliphatic hydroxyl groups is 1. The largest absolute Gasteiger partial charge is 0.506 e. The number of rotatable bonds is 0. The molecule has 2 heteroatoms. The fraction of sp³-hybridized carbons (Fsp3) is 0.182. The third-order valence-corrected chi connectivity index (χ3v) is 2.08. The van der Waals surface area contributed by atoms with Gasteiger partial charge in [-0.1, -0.05) is 18.2 Å². The van der Waals surface area contributed by atoms with E-state index < -0.39 is 0 Å². The van der Waals surface area contributed by atoms with Gasteiger partial charge < -0.3 is 5.11 Å². The molecule has 0 amide bonds. The standard InChI is InChI=1S/C11H11NO/c1-8-5-6-9-3-2-4-11(13)10(7-9)12-8/h2-6,13H,7H2,1H3. The molecule has 0 spiro atoms. The summed E-state index contributed by atoms with van der Waals surface area (Å²) in [6.07, 6.45) is 10.2. The van der Waals surface area contributed by atoms with Gasteiger partial charge in [0, 0.05) is 12.1 Å². The molecular weight excluding hydrogens is 162 g/mol. The van der Waals surface area contributed by atoms with Gasteiger partial charge in [0.15, 0.2) is 0 Å². The second-order valence-electron chi connectivity index (χ2n) is 3.20. The maximum absolute atomic E-state index is 9.57. The number of aliphatic hydroxyl groups excluding tert-OH is 1. The number of nitrogens with zero attached hydrogens (tertiary/aromatic N) is 1. The summed E-state index contributed by atoms with van der Waals surface area (Å²) >= 11 is 0. The van der Waals surface area contributed by atoms with Gasteiger partial charge in [0.25, 0.3) is 0 Å². The van der Waals surface area contributed by atoms with Crippen molar-refractivity contribution < 1.29 is 5.11 Å². The zero-order valence-corrected chi connectivity index (χ0v) is 7.49. The Bertz CT molecular complexity index is 381. The van der Waals surface area contributed by atoms with Gasteiger partial charge in [0.2, 0.25) is 0 Å². The molecule has 66 valence electrons. The minimum Gasteiger partial charge on any atom is -0.506 e. The van der Waals surface area contributed by atoms with Crippen LogP contribution in [-0.4, -0.2) is 10.8 Å². The van der Waals surface area contributed by atoms with Crippen molar-refractivity contribution in [2.75, 3.05) is 0 Å². The van der Waals surface area contributed by atoms with Crippen LogP contribution in [0.25, 0.3) is 0 Å². The molecular formula is C11H11NO. The van der Waals surface area contributed by atoms with E-state index in [1.165, 1.54) is 5.57 Å². The number of hydrogen-bond acceptors (Lipinski definition) is 2. The van der Waals surface area contributed by atoms with Gasteiger partial charge in [0.1, 0.15) is 5.76 Å². The van der Waals surface area contributed by atoms with Crippen molar-refractivity contribution in [1.82, 2.24) is 0 Å². The molecule has 0 saturated carbocycles. The van der Waals surface area contributed by atoms with E-state index in [2.05, 4.69) is 4.99 Å². The van der Waals surface area contributed by atoms with Gasteiger partial charge in [-0.15, -0.1) is 0 Å². The number of aliphatic imine (C=N–C) groups is 1. The summed E-state index contributed by atoms with van der Waals surface area (Å²) in [7, 11) is 0. The second kappa shape index (κ2) is 3.05. The highest BCUT2D eigenvalue weighted by atomic mass is 16.3. The molecule has 2 aliphatic rings. The molecule has 0 aromatic carbocycles. The Morgan fingerprint density at radius 1 is 1.31 bits per heavy atom. The highest BCUT2D eigenvalue weighted by Gasteiger charge is 2.11. The van der Waals surface area contributed by atoms with Crippen LogP contribution in [0.5, 0.6) is 0 Å². The van der Waals surface area contributed by atoms with Gasteiger partial charge in [-0.05, 0) is 24.6 Å². The van der Waals surface area contributed by atoms with Crippen molar-refractivity contribution in [3.63, 3.8) is 0 Å². The van der Waals surface area contributed by atoms with Gasteiger partial charge in [-0.25, -0.2) is 0 Å². The summed E-state index contributed by atoms with van der Waals surface area (Å²) in [5, 5.41) is 9.57. The smallest absolute Gasteiger partial charge is 0.137 e. The van der Waals surface area contributed by atoms with Crippen molar-refractivity contribution in [3.05, 3.63) is 47.4 Å². The monoisotopic (exact) mass is 173 g/mol. The molecule has 1 N–H and O–H groups in total. The fourth-order valence-electron chi connectivity index (χ4n) is 1.39. The zero-order valence-electron chi connectivity index (χ0n) is 7.49. The average Bonchev–Trinajstić information content (AvgIpc) is 2.37. The number of fused-ring (bicyclic) bond motifs is 2. The first-order valence-corrected chi connectivity index (χ1v) is 4.28. The Balaban J connectivity index is 2.52. The van der Waals surface area contributed by atoms with Crippen molar-refractivity contribution in [2.24, 2.45) is 4.99 Å². The van der Waals surface area contributed by atoms with Gasteiger partial charge >= 0.3 is 0 Å². The lowest BCUT2D eigenvalue weighted by Gasteiger charge is -2.01. The van der Waals surface area contributed by atoms with E-state index in [4.69, 9.17) is 0 Å². The molecule has 0 unspecified atom stereocenters. The summed E-state index contributed by atoms with van der Waals surface area (Å²) < 4.78 is 0. The molecule has 13 heavy (non-hydrogen) atoms. The molecule has 0 fully saturated rings. The number of hydrogen-bond donors (Lipinski definition) is 1. The van der Waals surface area contributed by atoms with Crippen LogP contribution in [-0.2, 0) is 0 Å². The molecule has 0 radical (unpaired) electrons. The maximum Gasteiger partial charge on any atom is 0.137 e. The quantitative estimate of drug-likeness (QED) is 0.600. The summed E-state index contributed by atoms with van der Waals surface area (Å²) in [5.74, 6) is 0.273. The van der Waals surface area contributed by atoms with Gasteiger partial charge in [-0.2, -0.15) is 0 Å². The molecule has 0 atom stereocenters. The molecule has 2 bridgehead atoms. The first kappa shape index (κ1) is 8.05. The fourth-order valence-corrected chi connectivity index (χ4v) is 1.39. The van der Waals surface area contributed by atoms with Crippen LogP contribution in [0, 0.1) is 0 Å². The Morgan fingerprint density at radius 3 is 3.00 bits per heavy atom. The molecule has 0 aromatic rings. The molecule has 2 nitrogen and oxygen atoms in total. The lowest BCUT2D eigenvalue weighted by atomic mass is 10.1. The van der Waals surface area contributed by atoms with E-state index in [9.17, 15) is 5.11 Å². The predicted molar refractivity (Wildman–Crippen MR) is 53.7 cm³/mol. The molecule has 0 saturated heterocycles. The van der Waals surface area contributed by atoms with E-state index in [0.29, 0.717) is 6.42 Å². The van der Waals surface area contributed by atoms with E-state index in [1.807, 2.05) is 31.2 Å². The Kier molecular flexibility index (Phi) is 1.89. The first-order valence-electron chi connectivity index (χ1n) is 4.28. The second-order valence-corrected chi connectivity index (χ2v) is 3.20. The molecule has 1 heterocycles. The third-order valence-electron chi connectivity index (χ3n) is 2.08. The van der Waals surface area contributed by atoms with E-state index in [0.717, 1.165) is 11.4 Å². The highest BCUT2D eigenvalue weighted by molar-refractivity contribution is 6.01. The topological polar surface area (TPSA) is 32.6 Å². The van der Waals surface area contributed by atoms with Crippen LogP contribution in [0.4, 0.5) is 0 Å². The lowest BCUT2D eigenvalue weighted by Crippen LogP contribution is -2.01. The maximum atomic E-state index is 9.57.